The second kappa shape index (κ2) is 42.0. The zero-order chi connectivity index (χ0) is 83.3. The average Bonchev–Trinajstić information content (AvgIpc) is 1.59. The van der Waals surface area contributed by atoms with Crippen LogP contribution in [0.15, 0.2) is 46.6 Å². The molecule has 0 aliphatic carbocycles. The van der Waals surface area contributed by atoms with Crippen molar-refractivity contribution in [3.63, 3.8) is 0 Å². The highest BCUT2D eigenvalue weighted by molar-refractivity contribution is 6.00. The lowest BCUT2D eigenvalue weighted by Gasteiger charge is -2.41. The van der Waals surface area contributed by atoms with Crippen LogP contribution < -0.4 is 26.6 Å². The summed E-state index contributed by atoms with van der Waals surface area (Å²) < 4.78 is 46.4. The van der Waals surface area contributed by atoms with E-state index in [2.05, 4.69) is 36.8 Å². The molecule has 32 heteroatoms. The first-order valence-electron chi connectivity index (χ1n) is 38.0. The summed E-state index contributed by atoms with van der Waals surface area (Å²) in [5, 5.41) is 32.1. The third-order valence-corrected chi connectivity index (χ3v) is 20.2. The third-order valence-electron chi connectivity index (χ3n) is 20.2. The lowest BCUT2D eigenvalue weighted by molar-refractivity contribution is -0.166. The molecule has 0 aromatic heterocycles. The van der Waals surface area contributed by atoms with Gasteiger partial charge in [0.1, 0.15) is 73.1 Å². The number of carbonyl (C=O) groups is 13. The normalized spacial score (nSPS) is 25.1. The maximum atomic E-state index is 15.5. The Labute approximate surface area is 642 Å². The number of rotatable bonds is 24. The van der Waals surface area contributed by atoms with Crippen LogP contribution in [-0.2, 0) is 67.9 Å². The van der Waals surface area contributed by atoms with E-state index in [1.807, 2.05) is 27.7 Å². The number of aliphatic hydroxyl groups is 1. The summed E-state index contributed by atoms with van der Waals surface area (Å²) in [4.78, 5) is 200. The van der Waals surface area contributed by atoms with E-state index < -0.39 is 186 Å². The maximum absolute atomic E-state index is 15.5. The summed E-state index contributed by atoms with van der Waals surface area (Å²) in [6.07, 6.45) is -2.44. The number of carbonyl (C=O) groups excluding carboxylic acids is 13. The molecular formula is C77H125F3N14O15. The summed E-state index contributed by atoms with van der Waals surface area (Å²) in [6.45, 7) is 28.2. The number of unbranched alkanes of at least 4 members (excludes halogenated alkanes) is 1. The van der Waals surface area contributed by atoms with Gasteiger partial charge >= 0.3 is 17.8 Å². The van der Waals surface area contributed by atoms with E-state index >= 15 is 24.0 Å². The highest BCUT2D eigenvalue weighted by atomic mass is 19.4. The van der Waals surface area contributed by atoms with Gasteiger partial charge in [-0.15, -0.1) is 10.2 Å². The average molecular weight is 1540 g/mol. The zero-order valence-corrected chi connectivity index (χ0v) is 68.5. The number of hydrogen-bond acceptors (Lipinski definition) is 17. The molecule has 2 aliphatic heterocycles. The smallest absolute Gasteiger partial charge is 0.442 e. The number of nitrogens with one attached hydrogen (secondary N) is 5. The quantitative estimate of drug-likeness (QED) is 0.0395. The van der Waals surface area contributed by atoms with Gasteiger partial charge in [-0.3, -0.25) is 62.3 Å². The fourth-order valence-electron chi connectivity index (χ4n) is 13.2. The Morgan fingerprint density at radius 1 is 0.550 bits per heavy atom. The van der Waals surface area contributed by atoms with Crippen molar-refractivity contribution >= 4 is 76.9 Å². The highest BCUT2D eigenvalue weighted by Gasteiger charge is 2.65. The molecule has 1 aromatic rings. The van der Waals surface area contributed by atoms with Crippen molar-refractivity contribution in [3.8, 4) is 0 Å². The van der Waals surface area contributed by atoms with E-state index in [-0.39, 0.29) is 99.1 Å². The van der Waals surface area contributed by atoms with Gasteiger partial charge in [-0.2, -0.15) is 13.2 Å². The number of likely N-dealkylation sites (N-methyl/N-ethyl adjacent to an activating group) is 7. The van der Waals surface area contributed by atoms with Gasteiger partial charge in [0, 0.05) is 73.4 Å². The van der Waals surface area contributed by atoms with Crippen LogP contribution >= 0.6 is 0 Å². The van der Waals surface area contributed by atoms with Crippen LogP contribution in [0.5, 0.6) is 0 Å². The summed E-state index contributed by atoms with van der Waals surface area (Å²) in [7, 11) is 9.48. The minimum Gasteiger partial charge on any atom is -0.463 e. The number of aliphatic hydroxyl groups excluding tert-OH is 1. The van der Waals surface area contributed by atoms with Crippen LogP contribution in [0.2, 0.25) is 0 Å². The zero-order valence-electron chi connectivity index (χ0n) is 68.5. The number of nitrogens with zero attached hydrogens (tertiary/aromatic N) is 9. The van der Waals surface area contributed by atoms with Gasteiger partial charge in [0.2, 0.25) is 65.0 Å². The van der Waals surface area contributed by atoms with Gasteiger partial charge in [-0.05, 0) is 126 Å². The van der Waals surface area contributed by atoms with E-state index in [9.17, 15) is 56.6 Å². The monoisotopic (exact) mass is 1540 g/mol. The molecule has 0 radical (unpaired) electrons. The molecule has 109 heavy (non-hydrogen) atoms. The Hall–Kier alpha value is -8.58. The van der Waals surface area contributed by atoms with E-state index in [1.54, 1.807) is 88.3 Å². The second-order valence-corrected chi connectivity index (χ2v) is 31.6. The minimum atomic E-state index is -4.76. The maximum Gasteiger partial charge on any atom is 0.442 e. The Morgan fingerprint density at radius 2 is 1.00 bits per heavy atom. The molecule has 614 valence electrons. The predicted molar refractivity (Wildman–Crippen MR) is 404 cm³/mol. The van der Waals surface area contributed by atoms with E-state index in [4.69, 9.17) is 4.74 Å². The molecule has 1 fully saturated rings. The van der Waals surface area contributed by atoms with Crippen LogP contribution in [0.3, 0.4) is 0 Å². The van der Waals surface area contributed by atoms with Crippen LogP contribution in [0.25, 0.3) is 0 Å². The first kappa shape index (κ1) is 94.6. The number of allylic oxidation sites excluding steroid dienone is 2. The molecule has 12 amide bonds. The molecule has 6 N–H and O–H groups in total. The van der Waals surface area contributed by atoms with Gasteiger partial charge < -0.3 is 70.7 Å². The van der Waals surface area contributed by atoms with Gasteiger partial charge in [0.25, 0.3) is 5.91 Å². The van der Waals surface area contributed by atoms with Crippen molar-refractivity contribution in [1.29, 1.82) is 0 Å². The number of alkyl halides is 3. The molecule has 29 nitrogen and oxygen atoms in total. The number of ether oxygens (including phenoxy) is 1. The highest BCUT2D eigenvalue weighted by Crippen LogP contribution is 2.52. The Kier molecular flexibility index (Phi) is 36.5. The van der Waals surface area contributed by atoms with Gasteiger partial charge in [-0.25, -0.2) is 0 Å². The van der Waals surface area contributed by atoms with Crippen molar-refractivity contribution < 1.29 is 85.3 Å². The molecule has 0 spiro atoms. The molecule has 3 rings (SSSR count). The lowest BCUT2D eigenvalue weighted by Crippen LogP contribution is -2.64. The SMILES string of the molecule is C/C=C/C[C@@H](C)[C@@H](O)[C@H]1C(=O)N[C@@H](CC)C(=O)N(C)C(C)C(=O)N(C)[C@@H](CC(C)C)C(=O)N[C@@H](C(C)C)C(=O)N(C)[C@@H](CC(C)C)C(=O)N[C@@H](C)C(=O)N[C@H](COC(=O)CCCCNC(=O)c2ccc(C3(C(F)(F)F)N=N3)cc2)C(=O)N(C)[C@@H](CC(C)C)C(=O)N(C)[C@@H](CC(C)C)C(=O)N(C)[C@@H](C(C)C)C(=O)N1C. The first-order chi connectivity index (χ1) is 50.6. The fraction of sp³-hybridized carbons (Fsp3) is 0.727. The topological polar surface area (TPSA) is 359 Å². The van der Waals surface area contributed by atoms with Crippen molar-refractivity contribution in [2.45, 2.75) is 260 Å². The number of amides is 12. The Balaban J connectivity index is 2.29. The largest absolute Gasteiger partial charge is 0.463 e. The van der Waals surface area contributed by atoms with E-state index in [1.165, 1.54) is 90.0 Å². The van der Waals surface area contributed by atoms with Crippen molar-refractivity contribution in [1.82, 2.24) is 60.9 Å². The van der Waals surface area contributed by atoms with E-state index in [0.29, 0.717) is 0 Å². The summed E-state index contributed by atoms with van der Waals surface area (Å²) in [6, 6.07) is -10.8. The van der Waals surface area contributed by atoms with Crippen LogP contribution in [0.4, 0.5) is 13.2 Å². The number of hydrogen-bond donors (Lipinski definition) is 6. The molecule has 2 aliphatic rings. The molecule has 2 heterocycles. The van der Waals surface area contributed by atoms with Gasteiger partial charge in [-0.1, -0.05) is 121 Å². The van der Waals surface area contributed by atoms with Gasteiger partial charge in [0.15, 0.2) is 0 Å². The lowest BCUT2D eigenvalue weighted by atomic mass is 9.91. The van der Waals surface area contributed by atoms with Gasteiger partial charge in [0.05, 0.1) is 6.10 Å². The molecule has 13 atom stereocenters. The number of benzene rings is 1. The standard InChI is InChI=1S/C77H125F3N14O15/c1-25-27-30-48(15)63(96)62-68(101)83-53(26-2)70(103)88(18)50(17)69(102)89(19)56(38-43(5)6)67(100)85-60(46(11)12)74(107)90(20)55(37-42(3)4)66(99)82-49(16)64(97)84-54(41-109-59(95)31-28-29-36-81-65(98)51-32-34-52(35-33-51)76(86-87-76)77(78,79)80)71(104)91(21)57(39-44(7)8)72(105)92(22)58(40-45(9)10)73(106)93(23)61(47(13)14)75(108)94(62)24/h25,27,32-35,42-50,53-58,60-63,96H,26,28-31,36-41H2,1-24H3,(H,81,98)(H,82,99)(H,83,101)(H,84,97)(H,85,100)/b27-25+/t48-,49+,50?,53+,54-,55+,56+,57+,58+,60+,61+,62+,63-/m1/s1. The summed E-state index contributed by atoms with van der Waals surface area (Å²) in [5.74, 6) is -13.3. The number of halogens is 3. The van der Waals surface area contributed by atoms with E-state index in [0.717, 1.165) is 31.7 Å². The van der Waals surface area contributed by atoms with Crippen LogP contribution in [-0.4, -0.2) is 257 Å². The molecule has 0 saturated carbocycles. The first-order valence-corrected chi connectivity index (χ1v) is 38.0. The minimum absolute atomic E-state index is 0.0191. The Bertz CT molecular complexity index is 3380. The fourth-order valence-corrected chi connectivity index (χ4v) is 13.2. The Morgan fingerprint density at radius 3 is 1.47 bits per heavy atom. The molecule has 1 unspecified atom stereocenters. The van der Waals surface area contributed by atoms with Crippen LogP contribution in [0, 0.1) is 41.4 Å². The summed E-state index contributed by atoms with van der Waals surface area (Å²) >= 11 is 0. The predicted octanol–water partition coefficient (Wildman–Crippen LogP) is 5.96. The number of esters is 1. The summed E-state index contributed by atoms with van der Waals surface area (Å²) in [5.41, 5.74) is -2.88. The van der Waals surface area contributed by atoms with Crippen LogP contribution in [0.1, 0.15) is 191 Å². The molecular weight excluding hydrogens is 1420 g/mol. The molecule has 1 aromatic carbocycles. The van der Waals surface area contributed by atoms with Crippen molar-refractivity contribution in [2.75, 3.05) is 62.5 Å². The molecule has 0 bridgehead atoms. The third kappa shape index (κ3) is 25.5. The van der Waals surface area contributed by atoms with Crippen molar-refractivity contribution in [3.05, 3.63) is 47.5 Å². The van der Waals surface area contributed by atoms with Crippen molar-refractivity contribution in [2.24, 2.45) is 51.7 Å². The molecule has 1 saturated heterocycles. The second-order valence-electron chi connectivity index (χ2n) is 31.6.